The number of rotatable bonds is 3. The largest absolute Gasteiger partial charge is 0.355 e. The Morgan fingerprint density at radius 1 is 1.19 bits per heavy atom. The molecule has 2 aromatic heterocycles. The van der Waals surface area contributed by atoms with Crippen molar-refractivity contribution in [1.29, 1.82) is 0 Å². The van der Waals surface area contributed by atoms with E-state index in [0.29, 0.717) is 24.3 Å². The lowest BCUT2D eigenvalue weighted by Crippen LogP contribution is -2.52. The Balaban J connectivity index is 1.60. The van der Waals surface area contributed by atoms with Crippen molar-refractivity contribution in [2.45, 2.75) is 64.3 Å². The van der Waals surface area contributed by atoms with Crippen LogP contribution in [0, 0.1) is 18.8 Å². The van der Waals surface area contributed by atoms with Gasteiger partial charge in [-0.2, -0.15) is 0 Å². The Morgan fingerprint density at radius 3 is 2.72 bits per heavy atom. The summed E-state index contributed by atoms with van der Waals surface area (Å²) in [4.78, 5) is 21.4. The first kappa shape index (κ1) is 21.2. The van der Waals surface area contributed by atoms with Crippen LogP contribution >= 0.6 is 0 Å². The highest BCUT2D eigenvalue weighted by molar-refractivity contribution is 5.94. The molecule has 2 bridgehead atoms. The van der Waals surface area contributed by atoms with E-state index in [-0.39, 0.29) is 11.9 Å². The third-order valence-electron chi connectivity index (χ3n) is 7.97. The molecule has 4 unspecified atom stereocenters. The van der Waals surface area contributed by atoms with Crippen molar-refractivity contribution in [3.63, 3.8) is 0 Å². The maximum Gasteiger partial charge on any atom is 0.230 e. The molecule has 3 fully saturated rings. The number of hydrogen-bond donors (Lipinski definition) is 3. The van der Waals surface area contributed by atoms with Crippen molar-refractivity contribution >= 4 is 16.8 Å². The Bertz CT molecular complexity index is 1180. The van der Waals surface area contributed by atoms with Gasteiger partial charge in [0.2, 0.25) is 5.91 Å². The van der Waals surface area contributed by atoms with Crippen molar-refractivity contribution in [2.24, 2.45) is 17.6 Å². The molecular weight excluding hydrogens is 396 g/mol. The van der Waals surface area contributed by atoms with E-state index in [0.717, 1.165) is 47.3 Å². The molecule has 2 saturated heterocycles. The summed E-state index contributed by atoms with van der Waals surface area (Å²) in [5.41, 5.74) is 12.6. The zero-order chi connectivity index (χ0) is 22.6. The van der Waals surface area contributed by atoms with Crippen LogP contribution < -0.4 is 11.1 Å². The second-order valence-electron chi connectivity index (χ2n) is 10.4. The maximum absolute atomic E-state index is 13.4. The fraction of sp³-hybridized carbons (Fsp3) is 0.481. The highest BCUT2D eigenvalue weighted by atomic mass is 16.2. The van der Waals surface area contributed by atoms with Gasteiger partial charge in [-0.3, -0.25) is 9.78 Å². The van der Waals surface area contributed by atoms with Crippen molar-refractivity contribution in [1.82, 2.24) is 15.3 Å². The van der Waals surface area contributed by atoms with Crippen LogP contribution in [0.25, 0.3) is 22.2 Å². The van der Waals surface area contributed by atoms with Gasteiger partial charge in [-0.05, 0) is 86.3 Å². The number of pyridine rings is 1. The van der Waals surface area contributed by atoms with Crippen LogP contribution in [0.1, 0.15) is 62.8 Å². The summed E-state index contributed by atoms with van der Waals surface area (Å²) >= 11 is 0. The molecule has 5 nitrogen and oxygen atoms in total. The second-order valence-corrected chi connectivity index (χ2v) is 10.4. The minimum absolute atomic E-state index is 0.128. The van der Waals surface area contributed by atoms with Gasteiger partial charge in [-0.25, -0.2) is 0 Å². The monoisotopic (exact) mass is 430 g/mol. The molecule has 168 valence electrons. The smallest absolute Gasteiger partial charge is 0.230 e. The first-order valence-corrected chi connectivity index (χ1v) is 11.9. The SMILES string of the molecule is Cc1cc(-c2[nH]c3ccc(C4(C)CCC5CC(CNC4=O)C5N)cc3c2C(C)C)ccn1. The van der Waals surface area contributed by atoms with Crippen LogP contribution in [0.2, 0.25) is 0 Å². The molecule has 6 rings (SSSR count). The van der Waals surface area contributed by atoms with Gasteiger partial charge in [0.05, 0.1) is 11.1 Å². The Hall–Kier alpha value is -2.66. The minimum atomic E-state index is -0.551. The van der Waals surface area contributed by atoms with Crippen molar-refractivity contribution < 1.29 is 4.79 Å². The van der Waals surface area contributed by atoms with Gasteiger partial charge < -0.3 is 16.0 Å². The molecule has 1 amide bonds. The number of fused-ring (bicyclic) bond motifs is 6. The van der Waals surface area contributed by atoms with Gasteiger partial charge in [-0.1, -0.05) is 19.9 Å². The predicted octanol–water partition coefficient (Wildman–Crippen LogP) is 4.79. The number of carbonyl (C=O) groups excluding carboxylic acids is 1. The van der Waals surface area contributed by atoms with E-state index < -0.39 is 5.41 Å². The lowest BCUT2D eigenvalue weighted by molar-refractivity contribution is -0.126. The summed E-state index contributed by atoms with van der Waals surface area (Å²) in [6.07, 6.45) is 4.84. The highest BCUT2D eigenvalue weighted by Crippen LogP contribution is 2.43. The molecule has 1 aliphatic carbocycles. The standard InChI is InChI=1S/C27H34N4O/c1-15(2)23-21-13-20(5-6-22(21)31-25(23)18-8-10-29-16(3)11-18)27(4)9-7-17-12-19(24(17)28)14-30-26(27)32/h5-6,8,10-11,13,15,17,19,24,31H,7,9,12,14,28H2,1-4H3,(H,30,32). The topological polar surface area (TPSA) is 83.8 Å². The number of benzene rings is 1. The lowest BCUT2D eigenvalue weighted by Gasteiger charge is -2.42. The summed E-state index contributed by atoms with van der Waals surface area (Å²) in [6.45, 7) is 9.28. The minimum Gasteiger partial charge on any atom is -0.355 e. The molecule has 1 aromatic carbocycles. The summed E-state index contributed by atoms with van der Waals surface area (Å²) in [6, 6.07) is 10.9. The quantitative estimate of drug-likeness (QED) is 0.558. The van der Waals surface area contributed by atoms with Gasteiger partial charge in [-0.15, -0.1) is 0 Å². The van der Waals surface area contributed by atoms with Crippen LogP contribution in [-0.2, 0) is 10.2 Å². The molecule has 0 radical (unpaired) electrons. The van der Waals surface area contributed by atoms with Crippen molar-refractivity contribution in [3.8, 4) is 11.3 Å². The van der Waals surface area contributed by atoms with Gasteiger partial charge in [0.15, 0.2) is 0 Å². The summed E-state index contributed by atoms with van der Waals surface area (Å²) in [5, 5.41) is 4.43. The molecule has 32 heavy (non-hydrogen) atoms. The third-order valence-corrected chi connectivity index (χ3v) is 7.97. The number of aromatic nitrogens is 2. The number of aromatic amines is 1. The fourth-order valence-electron chi connectivity index (χ4n) is 5.79. The Labute approximate surface area is 190 Å². The van der Waals surface area contributed by atoms with E-state index in [1.807, 2.05) is 13.1 Å². The first-order chi connectivity index (χ1) is 15.3. The van der Waals surface area contributed by atoms with Gasteiger partial charge in [0.25, 0.3) is 0 Å². The number of hydrogen-bond acceptors (Lipinski definition) is 3. The molecule has 0 spiro atoms. The van der Waals surface area contributed by atoms with E-state index in [4.69, 9.17) is 5.73 Å². The van der Waals surface area contributed by atoms with Crippen LogP contribution in [0.15, 0.2) is 36.5 Å². The van der Waals surface area contributed by atoms with Crippen molar-refractivity contribution in [3.05, 3.63) is 53.3 Å². The molecule has 4 N–H and O–H groups in total. The zero-order valence-electron chi connectivity index (χ0n) is 19.5. The average Bonchev–Trinajstić information content (AvgIpc) is 3.19. The van der Waals surface area contributed by atoms with Gasteiger partial charge in [0, 0.05) is 40.9 Å². The number of nitrogens with zero attached hydrogens (tertiary/aromatic N) is 1. The summed E-state index contributed by atoms with van der Waals surface area (Å²) in [5.74, 6) is 1.44. The maximum atomic E-state index is 13.4. The van der Waals surface area contributed by atoms with E-state index >= 15 is 0 Å². The van der Waals surface area contributed by atoms with Crippen LogP contribution in [0.3, 0.4) is 0 Å². The van der Waals surface area contributed by atoms with Gasteiger partial charge in [0.1, 0.15) is 0 Å². The Morgan fingerprint density at radius 2 is 2.00 bits per heavy atom. The zero-order valence-corrected chi connectivity index (χ0v) is 19.5. The van der Waals surface area contributed by atoms with E-state index in [1.54, 1.807) is 0 Å². The Kier molecular flexibility index (Phi) is 5.12. The number of carbonyl (C=O) groups is 1. The predicted molar refractivity (Wildman–Crippen MR) is 130 cm³/mol. The molecule has 3 aliphatic rings. The normalized spacial score (nSPS) is 28.1. The fourth-order valence-corrected chi connectivity index (χ4v) is 5.79. The lowest BCUT2D eigenvalue weighted by atomic mass is 9.66. The average molecular weight is 431 g/mol. The van der Waals surface area contributed by atoms with Crippen LogP contribution in [0.5, 0.6) is 0 Å². The number of nitrogens with two attached hydrogens (primary N) is 1. The summed E-state index contributed by atoms with van der Waals surface area (Å²) in [7, 11) is 0. The van der Waals surface area contributed by atoms with Crippen LogP contribution in [0.4, 0.5) is 0 Å². The van der Waals surface area contributed by atoms with Crippen molar-refractivity contribution in [2.75, 3.05) is 6.54 Å². The molecular formula is C27H34N4O. The molecule has 4 atom stereocenters. The van der Waals surface area contributed by atoms with E-state index in [1.165, 1.54) is 10.9 Å². The highest BCUT2D eigenvalue weighted by Gasteiger charge is 2.44. The van der Waals surface area contributed by atoms with E-state index in [9.17, 15) is 4.79 Å². The molecule has 3 aromatic rings. The van der Waals surface area contributed by atoms with E-state index in [2.05, 4.69) is 66.4 Å². The number of H-pyrrole nitrogens is 1. The first-order valence-electron chi connectivity index (χ1n) is 11.9. The van der Waals surface area contributed by atoms with Crippen LogP contribution in [-0.4, -0.2) is 28.5 Å². The molecule has 5 heteroatoms. The molecule has 2 aliphatic heterocycles. The number of amides is 1. The summed E-state index contributed by atoms with van der Waals surface area (Å²) < 4.78 is 0. The number of nitrogens with one attached hydrogen (secondary N) is 2. The molecule has 4 heterocycles. The number of aryl methyl sites for hydroxylation is 1. The molecule has 1 saturated carbocycles. The second kappa shape index (κ2) is 7.73. The van der Waals surface area contributed by atoms with Gasteiger partial charge >= 0.3 is 0 Å². The third kappa shape index (κ3) is 3.34.